The van der Waals surface area contributed by atoms with Crippen LogP contribution in [-0.4, -0.2) is 63.3 Å². The van der Waals surface area contributed by atoms with Crippen LogP contribution in [0.3, 0.4) is 0 Å². The lowest BCUT2D eigenvalue weighted by atomic mass is 9.76. The van der Waals surface area contributed by atoms with E-state index < -0.39 is 5.91 Å². The van der Waals surface area contributed by atoms with Crippen molar-refractivity contribution in [1.29, 1.82) is 0 Å². The zero-order valence-electron chi connectivity index (χ0n) is 33.6. The molecule has 0 saturated heterocycles. The average Bonchev–Trinajstić information content (AvgIpc) is 3.17. The number of unbranched alkanes of at least 4 members (excludes halogenated alkanes) is 1. The molecule has 0 aliphatic heterocycles. The predicted octanol–water partition coefficient (Wildman–Crippen LogP) is 8.51. The van der Waals surface area contributed by atoms with E-state index in [-0.39, 0.29) is 58.5 Å². The molecule has 0 heterocycles. The summed E-state index contributed by atoms with van der Waals surface area (Å²) >= 11 is 0. The highest BCUT2D eigenvalue weighted by atomic mass is 16.5. The summed E-state index contributed by atoms with van der Waals surface area (Å²) in [7, 11) is 2.88. The molecule has 0 saturated carbocycles. The van der Waals surface area contributed by atoms with Gasteiger partial charge in [0.1, 0.15) is 46.8 Å². The van der Waals surface area contributed by atoms with E-state index in [1.165, 1.54) is 50.5 Å². The first kappa shape index (κ1) is 42.3. The highest BCUT2D eigenvalue weighted by molar-refractivity contribution is 6.06. The van der Waals surface area contributed by atoms with Crippen molar-refractivity contribution in [1.82, 2.24) is 5.32 Å². The van der Waals surface area contributed by atoms with Crippen molar-refractivity contribution in [3.8, 4) is 34.5 Å². The number of fused-ring (bicyclic) bond motifs is 1. The van der Waals surface area contributed by atoms with Gasteiger partial charge in [0.05, 0.1) is 26.4 Å². The molecule has 11 heteroatoms. The molecule has 55 heavy (non-hydrogen) atoms. The van der Waals surface area contributed by atoms with Gasteiger partial charge in [0.2, 0.25) is 11.7 Å². The predicted molar refractivity (Wildman–Crippen MR) is 216 cm³/mol. The lowest BCUT2D eigenvalue weighted by Crippen LogP contribution is -2.25. The molecule has 0 radical (unpaired) electrons. The van der Waals surface area contributed by atoms with E-state index in [4.69, 9.17) is 23.7 Å². The monoisotopic (exact) mass is 756 g/mol. The first-order valence-electron chi connectivity index (χ1n) is 18.8. The number of ether oxygens (including phenoxy) is 5. The maximum atomic E-state index is 13.3. The van der Waals surface area contributed by atoms with Crippen LogP contribution in [0.25, 0.3) is 10.8 Å². The smallest absolute Gasteiger partial charge is 0.255 e. The van der Waals surface area contributed by atoms with Gasteiger partial charge in [-0.15, -0.1) is 0 Å². The number of Topliss-reactive ketones (excluding diaryl/α,β-unsaturated/α-hetero) is 1. The Hall–Kier alpha value is -5.45. The summed E-state index contributed by atoms with van der Waals surface area (Å²) in [4.78, 5) is 37.9. The lowest BCUT2D eigenvalue weighted by molar-refractivity contribution is -0.123. The molecule has 0 aromatic heterocycles. The minimum Gasteiger partial charge on any atom is -0.506 e. The summed E-state index contributed by atoms with van der Waals surface area (Å²) in [6, 6.07) is 18.0. The third-order valence-electron chi connectivity index (χ3n) is 10.2. The number of aromatic hydroxyl groups is 1. The van der Waals surface area contributed by atoms with Gasteiger partial charge in [0.25, 0.3) is 5.91 Å². The Balaban J connectivity index is 1.36. The number of phenolic OH excluding ortho intramolecular Hbond substituents is 1. The van der Waals surface area contributed by atoms with Gasteiger partial charge in [-0.05, 0) is 54.2 Å². The van der Waals surface area contributed by atoms with Crippen molar-refractivity contribution in [2.75, 3.05) is 45.9 Å². The molecule has 0 unspecified atom stereocenters. The fourth-order valence-electron chi connectivity index (χ4n) is 5.96. The number of carbonyl (C=O) groups is 3. The number of hydrogen-bond acceptors (Lipinski definition) is 9. The van der Waals surface area contributed by atoms with Gasteiger partial charge in [0, 0.05) is 41.9 Å². The number of phenols is 1. The lowest BCUT2D eigenvalue weighted by Gasteiger charge is -2.30. The Morgan fingerprint density at radius 2 is 1.36 bits per heavy atom. The summed E-state index contributed by atoms with van der Waals surface area (Å²) in [5.41, 5.74) is 2.92. The number of methoxy groups -OCH3 is 2. The summed E-state index contributed by atoms with van der Waals surface area (Å²) in [5, 5.41) is 17.6. The SMILES string of the molecule is CCC(C)(C)c1ccc(OCCCCNC(=O)c2cc(OCC(=O)COc3cc(OC)c(NC(C)=O)c(OC)c3)c3ccccc3c2O)c(C(C)(C)CC)c1. The normalized spacial score (nSPS) is 11.5. The van der Waals surface area contributed by atoms with Crippen LogP contribution in [0.15, 0.2) is 60.7 Å². The van der Waals surface area contributed by atoms with Crippen molar-refractivity contribution in [2.24, 2.45) is 0 Å². The van der Waals surface area contributed by atoms with Crippen molar-refractivity contribution in [2.45, 2.75) is 85.0 Å². The van der Waals surface area contributed by atoms with Gasteiger partial charge >= 0.3 is 0 Å². The second-order valence-corrected chi connectivity index (χ2v) is 14.8. The molecule has 0 aliphatic carbocycles. The van der Waals surface area contributed by atoms with E-state index in [1.807, 2.05) is 0 Å². The first-order chi connectivity index (χ1) is 26.1. The van der Waals surface area contributed by atoms with Crippen molar-refractivity contribution in [3.05, 3.63) is 77.4 Å². The van der Waals surface area contributed by atoms with E-state index in [0.717, 1.165) is 25.0 Å². The average molecular weight is 757 g/mol. The Morgan fingerprint density at radius 3 is 1.98 bits per heavy atom. The zero-order valence-corrected chi connectivity index (χ0v) is 33.6. The van der Waals surface area contributed by atoms with Crippen LogP contribution < -0.4 is 34.3 Å². The fourth-order valence-corrected chi connectivity index (χ4v) is 5.96. The highest BCUT2D eigenvalue weighted by Crippen LogP contribution is 2.40. The second kappa shape index (κ2) is 18.7. The Morgan fingerprint density at radius 1 is 0.727 bits per heavy atom. The van der Waals surface area contributed by atoms with E-state index in [9.17, 15) is 19.5 Å². The largest absolute Gasteiger partial charge is 0.506 e. The Labute approximate surface area is 324 Å². The van der Waals surface area contributed by atoms with Crippen LogP contribution in [0.2, 0.25) is 0 Å². The van der Waals surface area contributed by atoms with E-state index in [2.05, 4.69) is 70.4 Å². The van der Waals surface area contributed by atoms with Crippen molar-refractivity contribution < 1.29 is 43.2 Å². The van der Waals surface area contributed by atoms with Crippen molar-refractivity contribution >= 4 is 34.1 Å². The van der Waals surface area contributed by atoms with Gasteiger partial charge in [-0.1, -0.05) is 77.9 Å². The molecule has 0 aliphatic rings. The van der Waals surface area contributed by atoms with Gasteiger partial charge in [0.15, 0.2) is 6.61 Å². The minimum atomic E-state index is -0.463. The number of amides is 2. The van der Waals surface area contributed by atoms with Gasteiger partial charge in [-0.25, -0.2) is 0 Å². The van der Waals surface area contributed by atoms with Crippen LogP contribution in [0.1, 0.15) is 95.6 Å². The van der Waals surface area contributed by atoms with Crippen LogP contribution in [0.4, 0.5) is 5.69 Å². The van der Waals surface area contributed by atoms with Crippen molar-refractivity contribution in [3.63, 3.8) is 0 Å². The second-order valence-electron chi connectivity index (χ2n) is 14.8. The number of nitrogens with one attached hydrogen (secondary N) is 2. The fraction of sp³-hybridized carbons (Fsp3) is 0.432. The summed E-state index contributed by atoms with van der Waals surface area (Å²) < 4.78 is 28.6. The summed E-state index contributed by atoms with van der Waals surface area (Å²) in [6.07, 6.45) is 3.40. The Kier molecular flexibility index (Phi) is 14.4. The third kappa shape index (κ3) is 10.6. The van der Waals surface area contributed by atoms with E-state index in [0.29, 0.717) is 47.5 Å². The molecule has 296 valence electrons. The van der Waals surface area contributed by atoms with Crippen LogP contribution in [0, 0.1) is 0 Å². The maximum Gasteiger partial charge on any atom is 0.255 e. The van der Waals surface area contributed by atoms with Gasteiger partial charge in [-0.2, -0.15) is 0 Å². The quantitative estimate of drug-likeness (QED) is 0.0757. The van der Waals surface area contributed by atoms with E-state index >= 15 is 0 Å². The number of hydrogen-bond donors (Lipinski definition) is 3. The standard InChI is InChI=1S/C44H56N2O9/c1-10-43(4,5)29-18-19-36(35(22-29)44(6,7)11-2)53-21-15-14-20-45-42(50)34-25-37(32-16-12-13-17-33(32)41(34)49)55-27-30(48)26-54-31-23-38(51-8)40(46-28(3)47)39(24-31)52-9/h12-13,16-19,22-25,49H,10-11,14-15,20-21,26-27H2,1-9H3,(H,45,50)(H,46,47). The first-order valence-corrected chi connectivity index (χ1v) is 18.8. The molecule has 0 spiro atoms. The van der Waals surface area contributed by atoms with E-state index in [1.54, 1.807) is 24.3 Å². The van der Waals surface area contributed by atoms with Gasteiger partial charge < -0.3 is 39.4 Å². The number of benzene rings is 4. The summed E-state index contributed by atoms with van der Waals surface area (Å²) in [5.74, 6) is 0.702. The molecule has 0 atom stereocenters. The minimum absolute atomic E-state index is 0.0358. The molecular formula is C44H56N2O9. The van der Waals surface area contributed by atoms with Gasteiger partial charge in [-0.3, -0.25) is 14.4 Å². The number of rotatable bonds is 20. The zero-order chi connectivity index (χ0) is 40.3. The third-order valence-corrected chi connectivity index (χ3v) is 10.2. The molecule has 2 amide bonds. The molecule has 11 nitrogen and oxygen atoms in total. The number of carbonyl (C=O) groups excluding carboxylic acids is 3. The Bertz CT molecular complexity index is 1960. The molecule has 4 rings (SSSR count). The highest BCUT2D eigenvalue weighted by Gasteiger charge is 2.27. The molecule has 4 aromatic rings. The number of ketones is 1. The molecule has 3 N–H and O–H groups in total. The number of anilines is 1. The van der Waals surface area contributed by atoms with Crippen LogP contribution >= 0.6 is 0 Å². The maximum absolute atomic E-state index is 13.3. The summed E-state index contributed by atoms with van der Waals surface area (Å²) in [6.45, 7) is 15.0. The van der Waals surface area contributed by atoms with Crippen LogP contribution in [0.5, 0.6) is 34.5 Å². The molecule has 0 bridgehead atoms. The molecular weight excluding hydrogens is 700 g/mol. The van der Waals surface area contributed by atoms with Crippen LogP contribution in [-0.2, 0) is 20.4 Å². The molecule has 4 aromatic carbocycles. The topological polar surface area (TPSA) is 142 Å². The molecule has 0 fully saturated rings.